The van der Waals surface area contributed by atoms with Gasteiger partial charge in [-0.15, -0.1) is 6.58 Å². The highest BCUT2D eigenvalue weighted by atomic mass is 16.5. The number of carbonyl (C=O) groups is 2. The highest BCUT2D eigenvalue weighted by Crippen LogP contribution is 2.28. The van der Waals surface area contributed by atoms with Gasteiger partial charge in [0.1, 0.15) is 0 Å². The predicted octanol–water partition coefficient (Wildman–Crippen LogP) is 2.36. The summed E-state index contributed by atoms with van der Waals surface area (Å²) in [5.74, 6) is -1.66. The van der Waals surface area contributed by atoms with Gasteiger partial charge in [0, 0.05) is 5.92 Å². The maximum absolute atomic E-state index is 11.7. The van der Waals surface area contributed by atoms with Gasteiger partial charge in [0.05, 0.1) is 6.10 Å². The normalized spacial score (nSPS) is 13.5. The lowest BCUT2D eigenvalue weighted by molar-refractivity contribution is -0.159. The Morgan fingerprint density at radius 3 is 2.07 bits per heavy atom. The number of hydrogen-bond acceptors (Lipinski definition) is 3. The Hall–Kier alpha value is -1.12. The molecule has 0 saturated heterocycles. The average Bonchev–Trinajstić information content (AvgIpc) is 2.14. The van der Waals surface area contributed by atoms with E-state index in [4.69, 9.17) is 4.74 Å². The van der Waals surface area contributed by atoms with Crippen LogP contribution in [0.2, 0.25) is 0 Å². The molecule has 0 unspecified atom stereocenters. The summed E-state index contributed by atoms with van der Waals surface area (Å²) in [5.41, 5.74) is -0.396. The van der Waals surface area contributed by atoms with E-state index in [0.29, 0.717) is 0 Å². The molecule has 0 aliphatic heterocycles. The van der Waals surface area contributed by atoms with Crippen molar-refractivity contribution in [2.24, 2.45) is 11.3 Å². The summed E-state index contributed by atoms with van der Waals surface area (Å²) in [6, 6.07) is 0. The lowest BCUT2D eigenvalue weighted by Gasteiger charge is -2.26. The number of carbonyl (C=O) groups excluding carboxylic acids is 2. The molecule has 0 radical (unpaired) electrons. The number of ether oxygens (including phenoxy) is 1. The van der Waals surface area contributed by atoms with Crippen LogP contribution >= 0.6 is 0 Å². The molecule has 0 fully saturated rings. The van der Waals surface area contributed by atoms with Crippen LogP contribution in [-0.2, 0) is 14.3 Å². The van der Waals surface area contributed by atoms with Crippen molar-refractivity contribution in [2.75, 3.05) is 0 Å². The second-order valence-electron chi connectivity index (χ2n) is 4.57. The number of hydrogen-bond donors (Lipinski definition) is 0. The lowest BCUT2D eigenvalue weighted by atomic mass is 9.78. The zero-order valence-electron chi connectivity index (χ0n) is 10.2. The largest absolute Gasteiger partial charge is 0.457 e. The number of ketones is 1. The van der Waals surface area contributed by atoms with Crippen molar-refractivity contribution in [2.45, 2.75) is 40.7 Å². The van der Waals surface area contributed by atoms with Crippen molar-refractivity contribution in [3.05, 3.63) is 12.7 Å². The molecule has 0 aliphatic rings. The van der Waals surface area contributed by atoms with Crippen LogP contribution < -0.4 is 0 Å². The van der Waals surface area contributed by atoms with Crippen molar-refractivity contribution < 1.29 is 14.3 Å². The molecule has 0 aromatic heterocycles. The quantitative estimate of drug-likeness (QED) is 0.399. The van der Waals surface area contributed by atoms with Crippen LogP contribution in [0.5, 0.6) is 0 Å². The third-order valence-electron chi connectivity index (χ3n) is 2.58. The van der Waals surface area contributed by atoms with Gasteiger partial charge in [-0.05, 0) is 19.3 Å². The summed E-state index contributed by atoms with van der Waals surface area (Å²) in [7, 11) is 0. The molecule has 0 heterocycles. The zero-order chi connectivity index (χ0) is 12.2. The number of allylic oxidation sites excluding steroid dienone is 1. The second-order valence-corrected chi connectivity index (χ2v) is 4.57. The molecule has 0 spiro atoms. The first-order chi connectivity index (χ1) is 6.72. The molecule has 0 aromatic carbocycles. The molecule has 0 saturated carbocycles. The van der Waals surface area contributed by atoms with Crippen LogP contribution in [-0.4, -0.2) is 17.9 Å². The molecule has 0 amide bonds. The minimum Gasteiger partial charge on any atom is -0.457 e. The first-order valence-electron chi connectivity index (χ1n) is 5.10. The molecule has 15 heavy (non-hydrogen) atoms. The summed E-state index contributed by atoms with van der Waals surface area (Å²) in [5, 5.41) is 0. The third kappa shape index (κ3) is 3.86. The minimum absolute atomic E-state index is 0.263. The fourth-order valence-electron chi connectivity index (χ4n) is 0.964. The van der Waals surface area contributed by atoms with Gasteiger partial charge < -0.3 is 4.74 Å². The number of rotatable bonds is 5. The van der Waals surface area contributed by atoms with E-state index in [1.807, 2.05) is 13.8 Å². The third-order valence-corrected chi connectivity index (χ3v) is 2.58. The molecular formula is C12H20O3. The molecule has 0 N–H and O–H groups in total. The standard InChI is InChI=1S/C12H20O3/c1-7-12(5,6)9(4)10(13)11(14)15-8(2)3/h7-9H,1H2,2-6H3/t9-/m1/s1. The summed E-state index contributed by atoms with van der Waals surface area (Å²) >= 11 is 0. The smallest absolute Gasteiger partial charge is 0.375 e. The first kappa shape index (κ1) is 13.9. The van der Waals surface area contributed by atoms with Crippen LogP contribution in [0.3, 0.4) is 0 Å². The van der Waals surface area contributed by atoms with Gasteiger partial charge in [-0.1, -0.05) is 26.8 Å². The van der Waals surface area contributed by atoms with E-state index in [1.54, 1.807) is 26.8 Å². The molecule has 3 heteroatoms. The maximum Gasteiger partial charge on any atom is 0.375 e. The number of Topliss-reactive ketones (excluding diaryl/α,β-unsaturated/α-hetero) is 1. The minimum atomic E-state index is -0.757. The van der Waals surface area contributed by atoms with Crippen LogP contribution in [0.15, 0.2) is 12.7 Å². The van der Waals surface area contributed by atoms with Gasteiger partial charge in [0.25, 0.3) is 0 Å². The molecule has 0 aromatic rings. The molecule has 0 rings (SSSR count). The molecule has 0 bridgehead atoms. The molecule has 1 atom stereocenters. The van der Waals surface area contributed by atoms with Crippen LogP contribution in [0.25, 0.3) is 0 Å². The summed E-state index contributed by atoms with van der Waals surface area (Å²) in [6.07, 6.45) is 1.42. The van der Waals surface area contributed by atoms with Crippen molar-refractivity contribution in [3.8, 4) is 0 Å². The second kappa shape index (κ2) is 5.10. The van der Waals surface area contributed by atoms with E-state index in [0.717, 1.165) is 0 Å². The first-order valence-corrected chi connectivity index (χ1v) is 5.10. The molecule has 0 aliphatic carbocycles. The van der Waals surface area contributed by atoms with Gasteiger partial charge in [-0.25, -0.2) is 4.79 Å². The Morgan fingerprint density at radius 1 is 1.27 bits per heavy atom. The van der Waals surface area contributed by atoms with Gasteiger partial charge in [-0.3, -0.25) is 4.79 Å². The zero-order valence-corrected chi connectivity index (χ0v) is 10.2. The Kier molecular flexibility index (Phi) is 4.72. The summed E-state index contributed by atoms with van der Waals surface area (Å²) < 4.78 is 4.85. The van der Waals surface area contributed by atoms with Crippen molar-refractivity contribution in [1.82, 2.24) is 0 Å². The SMILES string of the molecule is C=CC(C)(C)[C@H](C)C(=O)C(=O)OC(C)C. The Balaban J connectivity index is 4.58. The topological polar surface area (TPSA) is 43.4 Å². The predicted molar refractivity (Wildman–Crippen MR) is 59.4 cm³/mol. The van der Waals surface area contributed by atoms with Gasteiger partial charge in [0.15, 0.2) is 0 Å². The Labute approximate surface area is 91.5 Å². The van der Waals surface area contributed by atoms with Gasteiger partial charge in [-0.2, -0.15) is 0 Å². The fourth-order valence-corrected chi connectivity index (χ4v) is 0.964. The van der Waals surface area contributed by atoms with Crippen LogP contribution in [0, 0.1) is 11.3 Å². The van der Waals surface area contributed by atoms with E-state index in [2.05, 4.69) is 6.58 Å². The van der Waals surface area contributed by atoms with Crippen molar-refractivity contribution in [1.29, 1.82) is 0 Å². The van der Waals surface area contributed by atoms with E-state index < -0.39 is 23.1 Å². The van der Waals surface area contributed by atoms with Gasteiger partial charge >= 0.3 is 5.97 Å². The molecular weight excluding hydrogens is 192 g/mol. The average molecular weight is 212 g/mol. The van der Waals surface area contributed by atoms with Crippen molar-refractivity contribution >= 4 is 11.8 Å². The van der Waals surface area contributed by atoms with Crippen LogP contribution in [0.1, 0.15) is 34.6 Å². The van der Waals surface area contributed by atoms with E-state index in [9.17, 15) is 9.59 Å². The molecule has 86 valence electrons. The van der Waals surface area contributed by atoms with Gasteiger partial charge in [0.2, 0.25) is 5.78 Å². The van der Waals surface area contributed by atoms with E-state index >= 15 is 0 Å². The van der Waals surface area contributed by atoms with E-state index in [-0.39, 0.29) is 6.10 Å². The van der Waals surface area contributed by atoms with E-state index in [1.165, 1.54) is 0 Å². The summed E-state index contributed by atoms with van der Waals surface area (Å²) in [4.78, 5) is 23.0. The Bertz CT molecular complexity index is 264. The lowest BCUT2D eigenvalue weighted by Crippen LogP contribution is -2.34. The highest BCUT2D eigenvalue weighted by molar-refractivity contribution is 6.34. The van der Waals surface area contributed by atoms with Crippen molar-refractivity contribution in [3.63, 3.8) is 0 Å². The fraction of sp³-hybridized carbons (Fsp3) is 0.667. The summed E-state index contributed by atoms with van der Waals surface area (Å²) in [6.45, 7) is 12.5. The maximum atomic E-state index is 11.7. The Morgan fingerprint density at radius 2 is 1.73 bits per heavy atom. The molecule has 3 nitrogen and oxygen atoms in total. The monoisotopic (exact) mass is 212 g/mol. The highest BCUT2D eigenvalue weighted by Gasteiger charge is 2.33. The number of esters is 1. The van der Waals surface area contributed by atoms with Crippen LogP contribution in [0.4, 0.5) is 0 Å².